The van der Waals surface area contributed by atoms with Crippen LogP contribution in [0.25, 0.3) is 0 Å². The number of hydrogen-bond donors (Lipinski definition) is 1. The Labute approximate surface area is 95.6 Å². The Morgan fingerprint density at radius 2 is 1.94 bits per heavy atom. The smallest absolute Gasteiger partial charge is 0.147 e. The zero-order valence-electron chi connectivity index (χ0n) is 9.35. The number of anilines is 1. The van der Waals surface area contributed by atoms with Gasteiger partial charge < -0.3 is 5.32 Å². The lowest BCUT2D eigenvalue weighted by Crippen LogP contribution is -2.03. The Balaban J connectivity index is 1.99. The fourth-order valence-corrected chi connectivity index (χ4v) is 1.50. The highest BCUT2D eigenvalue weighted by Gasteiger charge is 1.96. The minimum atomic E-state index is 0.661. The Morgan fingerprint density at radius 1 is 1.12 bits per heavy atom. The van der Waals surface area contributed by atoms with Gasteiger partial charge in [0.15, 0.2) is 0 Å². The van der Waals surface area contributed by atoms with Crippen LogP contribution >= 0.6 is 0 Å². The molecule has 3 heteroatoms. The zero-order valence-corrected chi connectivity index (χ0v) is 9.35. The van der Waals surface area contributed by atoms with Gasteiger partial charge in [-0.05, 0) is 30.2 Å². The first-order chi connectivity index (χ1) is 7.88. The summed E-state index contributed by atoms with van der Waals surface area (Å²) in [5, 5.41) is 3.31. The Morgan fingerprint density at radius 3 is 2.69 bits per heavy atom. The second-order valence-corrected chi connectivity index (χ2v) is 3.57. The van der Waals surface area contributed by atoms with Crippen LogP contribution in [-0.2, 0) is 13.0 Å². The van der Waals surface area contributed by atoms with Crippen molar-refractivity contribution in [3.8, 4) is 0 Å². The first-order valence-corrected chi connectivity index (χ1v) is 5.47. The molecule has 0 radical (unpaired) electrons. The lowest BCUT2D eigenvalue weighted by molar-refractivity contribution is 0.947. The van der Waals surface area contributed by atoms with E-state index in [0.29, 0.717) is 6.54 Å². The lowest BCUT2D eigenvalue weighted by atomic mass is 10.1. The summed E-state index contributed by atoms with van der Waals surface area (Å²) in [6.07, 6.45) is 4.57. The molecule has 0 bridgehead atoms. The summed E-state index contributed by atoms with van der Waals surface area (Å²) in [5.41, 5.74) is 2.45. The quantitative estimate of drug-likeness (QED) is 0.848. The van der Waals surface area contributed by atoms with Gasteiger partial charge in [-0.15, -0.1) is 0 Å². The van der Waals surface area contributed by atoms with Gasteiger partial charge in [-0.25, -0.2) is 9.97 Å². The summed E-state index contributed by atoms with van der Waals surface area (Å²) in [6.45, 7) is 2.81. The van der Waals surface area contributed by atoms with Crippen molar-refractivity contribution in [1.82, 2.24) is 9.97 Å². The third-order valence-electron chi connectivity index (χ3n) is 2.41. The number of rotatable bonds is 4. The molecule has 1 aromatic carbocycles. The molecule has 0 atom stereocenters. The van der Waals surface area contributed by atoms with E-state index < -0.39 is 0 Å². The van der Waals surface area contributed by atoms with E-state index in [-0.39, 0.29) is 0 Å². The predicted octanol–water partition coefficient (Wildman–Crippen LogP) is 2.65. The van der Waals surface area contributed by atoms with Gasteiger partial charge in [0.25, 0.3) is 0 Å². The summed E-state index contributed by atoms with van der Waals surface area (Å²) in [7, 11) is 0. The molecule has 3 nitrogen and oxygen atoms in total. The van der Waals surface area contributed by atoms with Crippen molar-refractivity contribution in [2.45, 2.75) is 19.9 Å². The van der Waals surface area contributed by atoms with Crippen LogP contribution in [-0.4, -0.2) is 9.97 Å². The van der Waals surface area contributed by atoms with Crippen LogP contribution in [0, 0.1) is 0 Å². The number of nitrogens with one attached hydrogen (secondary N) is 1. The summed E-state index contributed by atoms with van der Waals surface area (Å²) in [5.74, 6) is 0.810. The third-order valence-corrected chi connectivity index (χ3v) is 2.41. The van der Waals surface area contributed by atoms with E-state index in [2.05, 4.69) is 46.5 Å². The molecule has 0 unspecified atom stereocenters. The summed E-state index contributed by atoms with van der Waals surface area (Å²) in [4.78, 5) is 8.33. The summed E-state index contributed by atoms with van der Waals surface area (Å²) in [6, 6.07) is 10.2. The Kier molecular flexibility index (Phi) is 3.49. The van der Waals surface area contributed by atoms with Crippen molar-refractivity contribution in [3.05, 3.63) is 54.1 Å². The van der Waals surface area contributed by atoms with Crippen LogP contribution in [0.15, 0.2) is 42.7 Å². The van der Waals surface area contributed by atoms with Crippen molar-refractivity contribution >= 4 is 5.69 Å². The van der Waals surface area contributed by atoms with Gasteiger partial charge >= 0.3 is 0 Å². The molecular weight excluding hydrogens is 198 g/mol. The third kappa shape index (κ3) is 2.79. The Bertz CT molecular complexity index is 440. The highest BCUT2D eigenvalue weighted by atomic mass is 15.0. The van der Waals surface area contributed by atoms with Gasteiger partial charge in [0.2, 0.25) is 0 Å². The monoisotopic (exact) mass is 213 g/mol. The van der Waals surface area contributed by atoms with Crippen molar-refractivity contribution in [2.75, 3.05) is 5.32 Å². The van der Waals surface area contributed by atoms with Gasteiger partial charge in [-0.2, -0.15) is 0 Å². The molecule has 82 valence electrons. The lowest BCUT2D eigenvalue weighted by Gasteiger charge is -2.06. The van der Waals surface area contributed by atoms with Crippen LogP contribution < -0.4 is 5.32 Å². The van der Waals surface area contributed by atoms with E-state index in [9.17, 15) is 0 Å². The normalized spacial score (nSPS) is 10.1. The van der Waals surface area contributed by atoms with Crippen LogP contribution in [0.5, 0.6) is 0 Å². The highest BCUT2D eigenvalue weighted by Crippen LogP contribution is 2.11. The highest BCUT2D eigenvalue weighted by molar-refractivity contribution is 5.45. The maximum absolute atomic E-state index is 4.16. The predicted molar refractivity (Wildman–Crippen MR) is 65.2 cm³/mol. The number of benzene rings is 1. The molecule has 0 aliphatic rings. The fraction of sp³-hybridized carbons (Fsp3) is 0.231. The van der Waals surface area contributed by atoms with E-state index in [0.717, 1.165) is 17.9 Å². The molecule has 0 saturated carbocycles. The summed E-state index contributed by atoms with van der Waals surface area (Å²) < 4.78 is 0. The van der Waals surface area contributed by atoms with Gasteiger partial charge in [0.05, 0.1) is 6.54 Å². The molecule has 0 aliphatic heterocycles. The molecule has 0 fully saturated rings. The fourth-order valence-electron chi connectivity index (χ4n) is 1.50. The maximum atomic E-state index is 4.16. The molecule has 0 spiro atoms. The number of nitrogens with zero attached hydrogens (tertiary/aromatic N) is 2. The van der Waals surface area contributed by atoms with Crippen molar-refractivity contribution in [2.24, 2.45) is 0 Å². The topological polar surface area (TPSA) is 37.8 Å². The minimum Gasteiger partial charge on any atom is -0.378 e. The minimum absolute atomic E-state index is 0.661. The van der Waals surface area contributed by atoms with E-state index in [1.54, 1.807) is 12.4 Å². The molecule has 2 aromatic rings. The number of aryl methyl sites for hydroxylation is 1. The van der Waals surface area contributed by atoms with E-state index >= 15 is 0 Å². The van der Waals surface area contributed by atoms with Crippen LogP contribution in [0.4, 0.5) is 5.69 Å². The zero-order chi connectivity index (χ0) is 11.2. The first kappa shape index (κ1) is 10.6. The number of hydrogen-bond acceptors (Lipinski definition) is 3. The molecule has 1 aromatic heterocycles. The van der Waals surface area contributed by atoms with Crippen molar-refractivity contribution in [3.63, 3.8) is 0 Å². The van der Waals surface area contributed by atoms with Crippen LogP contribution in [0.2, 0.25) is 0 Å². The molecule has 1 heterocycles. The molecule has 1 N–H and O–H groups in total. The van der Waals surface area contributed by atoms with Crippen LogP contribution in [0.1, 0.15) is 18.3 Å². The molecule has 0 amide bonds. The van der Waals surface area contributed by atoms with Gasteiger partial charge in [-0.1, -0.05) is 19.1 Å². The van der Waals surface area contributed by atoms with E-state index in [4.69, 9.17) is 0 Å². The van der Waals surface area contributed by atoms with E-state index in [1.807, 2.05) is 6.07 Å². The summed E-state index contributed by atoms with van der Waals surface area (Å²) >= 11 is 0. The molecule has 0 aliphatic carbocycles. The second kappa shape index (κ2) is 5.26. The molecule has 16 heavy (non-hydrogen) atoms. The van der Waals surface area contributed by atoms with Gasteiger partial charge in [0.1, 0.15) is 5.82 Å². The van der Waals surface area contributed by atoms with Crippen molar-refractivity contribution in [1.29, 1.82) is 0 Å². The largest absolute Gasteiger partial charge is 0.378 e. The average molecular weight is 213 g/mol. The second-order valence-electron chi connectivity index (χ2n) is 3.57. The first-order valence-electron chi connectivity index (χ1n) is 5.47. The van der Waals surface area contributed by atoms with Gasteiger partial charge in [-0.3, -0.25) is 0 Å². The SMILES string of the molecule is CCc1cccc(NCc2ncccn2)c1. The molecular formula is C13H15N3. The van der Waals surface area contributed by atoms with E-state index in [1.165, 1.54) is 5.56 Å². The van der Waals surface area contributed by atoms with Crippen LogP contribution in [0.3, 0.4) is 0 Å². The molecule has 2 rings (SSSR count). The van der Waals surface area contributed by atoms with Gasteiger partial charge in [0, 0.05) is 18.1 Å². The average Bonchev–Trinajstić information content (AvgIpc) is 2.38. The van der Waals surface area contributed by atoms with Crippen molar-refractivity contribution < 1.29 is 0 Å². The Hall–Kier alpha value is -1.90. The standard InChI is InChI=1S/C13H15N3/c1-2-11-5-3-6-12(9-11)16-10-13-14-7-4-8-15-13/h3-9,16H,2,10H2,1H3. The number of aromatic nitrogens is 2. The molecule has 0 saturated heterocycles. The maximum Gasteiger partial charge on any atom is 0.147 e.